The Bertz CT molecular complexity index is 252. The van der Waals surface area contributed by atoms with Crippen LogP contribution in [0.25, 0.3) is 0 Å². The van der Waals surface area contributed by atoms with Crippen LogP contribution >= 0.6 is 0 Å². The van der Waals surface area contributed by atoms with Gasteiger partial charge in [-0.15, -0.1) is 0 Å². The average Bonchev–Trinajstić information content (AvgIpc) is 2.76. The van der Waals surface area contributed by atoms with Crippen molar-refractivity contribution in [2.75, 3.05) is 13.2 Å². The first-order valence-electron chi connectivity index (χ1n) is 14.1. The third-order valence-corrected chi connectivity index (χ3v) is 6.55. The molecule has 2 heteroatoms. The van der Waals surface area contributed by atoms with Crippen LogP contribution in [0.15, 0.2) is 0 Å². The third kappa shape index (κ3) is 27.9. The van der Waals surface area contributed by atoms with Crippen molar-refractivity contribution in [3.63, 3.8) is 0 Å². The van der Waals surface area contributed by atoms with Crippen molar-refractivity contribution in [1.82, 2.24) is 0 Å². The van der Waals surface area contributed by atoms with Crippen LogP contribution in [0.2, 0.25) is 0 Å². The summed E-state index contributed by atoms with van der Waals surface area (Å²) >= 11 is 0. The van der Waals surface area contributed by atoms with Gasteiger partial charge in [-0.1, -0.05) is 154 Å². The Morgan fingerprint density at radius 2 is 0.433 bits per heavy atom. The second-order valence-corrected chi connectivity index (χ2v) is 9.62. The van der Waals surface area contributed by atoms with Gasteiger partial charge in [-0.25, -0.2) is 5.11 Å². The quantitative estimate of drug-likeness (QED) is 0.131. The van der Waals surface area contributed by atoms with Gasteiger partial charge in [-0.3, -0.25) is 0 Å². The van der Waals surface area contributed by atoms with E-state index in [0.717, 1.165) is 19.3 Å². The monoisotopic (exact) mass is 425 g/mol. The molecule has 0 saturated heterocycles. The van der Waals surface area contributed by atoms with E-state index in [0.29, 0.717) is 6.61 Å². The van der Waals surface area contributed by atoms with E-state index in [1.165, 1.54) is 148 Å². The topological polar surface area (TPSA) is 40.1 Å². The highest BCUT2D eigenvalue weighted by Crippen LogP contribution is 2.15. The molecule has 0 spiro atoms. The molecule has 0 aliphatic rings. The van der Waals surface area contributed by atoms with E-state index < -0.39 is 0 Å². The zero-order valence-electron chi connectivity index (χ0n) is 20.7. The van der Waals surface area contributed by atoms with Crippen LogP contribution < -0.4 is 0 Å². The van der Waals surface area contributed by atoms with Crippen LogP contribution in [-0.4, -0.2) is 18.3 Å². The van der Waals surface area contributed by atoms with Gasteiger partial charge in [-0.05, 0) is 12.8 Å². The van der Waals surface area contributed by atoms with E-state index in [1.807, 2.05) is 0 Å². The van der Waals surface area contributed by atoms with Gasteiger partial charge < -0.3 is 5.11 Å². The lowest BCUT2D eigenvalue weighted by Crippen LogP contribution is -1.85. The Labute approximate surface area is 190 Å². The average molecular weight is 426 g/mol. The zero-order chi connectivity index (χ0) is 21.8. The predicted octanol–water partition coefficient (Wildman–Crippen LogP) is 9.55. The molecule has 0 heterocycles. The maximum absolute atomic E-state index is 10.4. The molecule has 1 radical (unpaired) electrons. The fourth-order valence-electron chi connectivity index (χ4n) is 4.46. The summed E-state index contributed by atoms with van der Waals surface area (Å²) in [5, 5.41) is 19.1. The van der Waals surface area contributed by atoms with Crippen LogP contribution in [0, 0.1) is 0 Å². The Morgan fingerprint density at radius 3 is 0.600 bits per heavy atom. The molecule has 0 aromatic carbocycles. The molecule has 0 aliphatic heterocycles. The summed E-state index contributed by atoms with van der Waals surface area (Å²) in [4.78, 5) is 0. The molecule has 1 N–H and O–H groups in total. The van der Waals surface area contributed by atoms with Crippen molar-refractivity contribution < 1.29 is 10.2 Å². The molecule has 0 fully saturated rings. The summed E-state index contributed by atoms with van der Waals surface area (Å²) in [6.07, 6.45) is 35.4. The molecule has 0 atom stereocenters. The second kappa shape index (κ2) is 28.9. The lowest BCUT2D eigenvalue weighted by Gasteiger charge is -2.04. The minimum Gasteiger partial charge on any atom is -0.396 e. The molecule has 0 aromatic heterocycles. The first-order valence-corrected chi connectivity index (χ1v) is 14.1. The van der Waals surface area contributed by atoms with Gasteiger partial charge in [0, 0.05) is 6.61 Å². The highest BCUT2D eigenvalue weighted by atomic mass is 16.3. The molecule has 0 unspecified atom stereocenters. The number of aliphatic hydroxyl groups excluding tert-OH is 1. The van der Waals surface area contributed by atoms with Gasteiger partial charge in [0.25, 0.3) is 0 Å². The lowest BCUT2D eigenvalue weighted by atomic mass is 10.0. The van der Waals surface area contributed by atoms with Gasteiger partial charge in [0.1, 0.15) is 0 Å². The van der Waals surface area contributed by atoms with E-state index in [4.69, 9.17) is 5.11 Å². The SMILES string of the molecule is [O]CCCCCCCCCCCCCCCCCCCCCCCCCCCCO. The van der Waals surface area contributed by atoms with Gasteiger partial charge in [0.2, 0.25) is 0 Å². The maximum atomic E-state index is 10.4. The number of unbranched alkanes of at least 4 members (excludes halogenated alkanes) is 25. The van der Waals surface area contributed by atoms with E-state index in [1.54, 1.807) is 0 Å². The number of rotatable bonds is 27. The van der Waals surface area contributed by atoms with Crippen molar-refractivity contribution in [1.29, 1.82) is 0 Å². The summed E-state index contributed by atoms with van der Waals surface area (Å²) in [5.74, 6) is 0. The lowest BCUT2D eigenvalue weighted by molar-refractivity contribution is 0.186. The van der Waals surface area contributed by atoms with Crippen molar-refractivity contribution >= 4 is 0 Å². The molecule has 181 valence electrons. The number of hydrogen-bond acceptors (Lipinski definition) is 1. The largest absolute Gasteiger partial charge is 0.396 e. The molecule has 0 aromatic rings. The first kappa shape index (κ1) is 29.9. The van der Waals surface area contributed by atoms with E-state index >= 15 is 0 Å². The standard InChI is InChI=1S/C28H57O2/c29-27-25-23-21-19-17-15-13-11-9-7-5-3-1-2-4-6-8-10-12-14-16-18-20-22-24-26-28-30/h29H,1-28H2. The van der Waals surface area contributed by atoms with E-state index in [-0.39, 0.29) is 6.61 Å². The molecule has 0 bridgehead atoms. The predicted molar refractivity (Wildman–Crippen MR) is 133 cm³/mol. The van der Waals surface area contributed by atoms with Crippen LogP contribution in [0.4, 0.5) is 0 Å². The summed E-state index contributed by atoms with van der Waals surface area (Å²) in [6, 6.07) is 0. The molecule has 0 saturated carbocycles. The highest BCUT2D eigenvalue weighted by Gasteiger charge is 1.96. The summed E-state index contributed by atoms with van der Waals surface area (Å²) < 4.78 is 0. The number of hydrogen-bond donors (Lipinski definition) is 1. The molecule has 2 nitrogen and oxygen atoms in total. The second-order valence-electron chi connectivity index (χ2n) is 9.62. The van der Waals surface area contributed by atoms with E-state index in [2.05, 4.69) is 0 Å². The smallest absolute Gasteiger partial charge is 0.0822 e. The van der Waals surface area contributed by atoms with Crippen molar-refractivity contribution in [2.45, 2.75) is 167 Å². The Morgan fingerprint density at radius 1 is 0.267 bits per heavy atom. The Kier molecular flexibility index (Phi) is 28.8. The Hall–Kier alpha value is -0.0800. The zero-order valence-corrected chi connectivity index (χ0v) is 20.7. The summed E-state index contributed by atoms with van der Waals surface area (Å²) in [7, 11) is 0. The Balaban J connectivity index is 2.97. The number of aliphatic hydroxyl groups is 1. The van der Waals surface area contributed by atoms with Crippen molar-refractivity contribution in [2.24, 2.45) is 0 Å². The highest BCUT2D eigenvalue weighted by molar-refractivity contribution is 4.52. The van der Waals surface area contributed by atoms with Crippen molar-refractivity contribution in [3.05, 3.63) is 0 Å². The molecule has 30 heavy (non-hydrogen) atoms. The fourth-order valence-corrected chi connectivity index (χ4v) is 4.46. The van der Waals surface area contributed by atoms with Gasteiger partial charge in [0.05, 0.1) is 6.61 Å². The molecule has 0 rings (SSSR count). The van der Waals surface area contributed by atoms with Crippen LogP contribution in [0.1, 0.15) is 167 Å². The third-order valence-electron chi connectivity index (χ3n) is 6.55. The molecular formula is C28H57O2. The van der Waals surface area contributed by atoms with Crippen molar-refractivity contribution in [3.8, 4) is 0 Å². The molecule has 0 aliphatic carbocycles. The van der Waals surface area contributed by atoms with Crippen LogP contribution in [-0.2, 0) is 5.11 Å². The molecule has 0 amide bonds. The van der Waals surface area contributed by atoms with Gasteiger partial charge >= 0.3 is 0 Å². The maximum Gasteiger partial charge on any atom is 0.0822 e. The molecular weight excluding hydrogens is 368 g/mol. The minimum atomic E-state index is 0.120. The first-order chi connectivity index (χ1) is 14.9. The van der Waals surface area contributed by atoms with Gasteiger partial charge in [-0.2, -0.15) is 0 Å². The summed E-state index contributed by atoms with van der Waals surface area (Å²) in [6.45, 7) is 0.488. The van der Waals surface area contributed by atoms with Crippen LogP contribution in [0.3, 0.4) is 0 Å². The van der Waals surface area contributed by atoms with Crippen LogP contribution in [0.5, 0.6) is 0 Å². The fraction of sp³-hybridized carbons (Fsp3) is 1.00. The van der Waals surface area contributed by atoms with E-state index in [9.17, 15) is 5.11 Å². The minimum absolute atomic E-state index is 0.120. The van der Waals surface area contributed by atoms with Gasteiger partial charge in [0.15, 0.2) is 0 Å². The normalized spacial score (nSPS) is 11.4. The summed E-state index contributed by atoms with van der Waals surface area (Å²) in [5.41, 5.74) is 0.